The Bertz CT molecular complexity index is 1190. The molecule has 5 rings (SSSR count). The number of carbonyl (C=O) groups excluding carboxylic acids is 2. The number of anilines is 2. The van der Waals surface area contributed by atoms with E-state index >= 15 is 0 Å². The zero-order valence-corrected chi connectivity index (χ0v) is 17.5. The first-order chi connectivity index (χ1) is 14.3. The van der Waals surface area contributed by atoms with Crippen LogP contribution in [0.25, 0.3) is 11.1 Å². The van der Waals surface area contributed by atoms with Crippen molar-refractivity contribution in [3.8, 4) is 11.1 Å². The molecule has 0 atom stereocenters. The van der Waals surface area contributed by atoms with E-state index in [9.17, 15) is 18.0 Å². The molecule has 1 aromatic heterocycles. The summed E-state index contributed by atoms with van der Waals surface area (Å²) in [6.45, 7) is 1.16. The molecule has 3 aliphatic heterocycles. The molecule has 2 fully saturated rings. The number of pyridine rings is 1. The molecular weight excluding hydrogens is 428 g/mol. The third kappa shape index (κ3) is 3.13. The quantitative estimate of drug-likeness (QED) is 0.685. The topological polar surface area (TPSA) is 108 Å². The van der Waals surface area contributed by atoms with Gasteiger partial charge in [-0.15, -0.1) is 0 Å². The second-order valence-electron chi connectivity index (χ2n) is 8.07. The molecule has 4 heterocycles. The van der Waals surface area contributed by atoms with Crippen LogP contribution < -0.4 is 14.9 Å². The molecule has 2 aromatic rings. The van der Waals surface area contributed by atoms with Crippen LogP contribution in [0.4, 0.5) is 11.4 Å². The van der Waals surface area contributed by atoms with Crippen LogP contribution in [0.2, 0.25) is 5.02 Å². The molecule has 30 heavy (non-hydrogen) atoms. The number of rotatable bonds is 2. The highest BCUT2D eigenvalue weighted by Gasteiger charge is 2.48. The van der Waals surface area contributed by atoms with E-state index in [4.69, 9.17) is 11.6 Å². The molecule has 3 aliphatic rings. The van der Waals surface area contributed by atoms with E-state index in [1.807, 2.05) is 12.1 Å². The van der Waals surface area contributed by atoms with Crippen LogP contribution >= 0.6 is 11.6 Å². The molecule has 1 aromatic carbocycles. The highest BCUT2D eigenvalue weighted by atomic mass is 35.5. The number of amides is 2. The number of piperidine rings is 1. The Morgan fingerprint density at radius 1 is 1.13 bits per heavy atom. The van der Waals surface area contributed by atoms with Gasteiger partial charge in [0.05, 0.1) is 27.6 Å². The summed E-state index contributed by atoms with van der Waals surface area (Å²) in [5, 5.41) is 2.91. The number of carbonyl (C=O) groups is 2. The van der Waals surface area contributed by atoms with Crippen LogP contribution in [-0.2, 0) is 25.4 Å². The fraction of sp³-hybridized carbons (Fsp3) is 0.350. The van der Waals surface area contributed by atoms with Gasteiger partial charge in [0.25, 0.3) is 0 Å². The van der Waals surface area contributed by atoms with Crippen molar-refractivity contribution < 1.29 is 18.0 Å². The molecule has 0 saturated carbocycles. The molecule has 0 bridgehead atoms. The number of halogens is 1. The minimum absolute atomic E-state index is 0.0606. The molecule has 0 radical (unpaired) electrons. The molecular formula is C20H19ClN4O4S. The van der Waals surface area contributed by atoms with Crippen molar-refractivity contribution in [2.24, 2.45) is 5.41 Å². The van der Waals surface area contributed by atoms with Crippen LogP contribution in [-0.4, -0.2) is 38.3 Å². The van der Waals surface area contributed by atoms with Gasteiger partial charge in [-0.05, 0) is 36.1 Å². The van der Waals surface area contributed by atoms with Gasteiger partial charge >= 0.3 is 0 Å². The standard InChI is InChI=1S/C20H19ClN4O4S/c21-15-10-22-9-14(12-1-2-16-13(7-12)11-30(28,29)24-16)18(15)25-5-3-20(4-6-25)8-17(26)23-19(20)27/h1-2,7,9-10,24H,3-6,8,11H2,(H,23,26,27). The maximum absolute atomic E-state index is 12.3. The normalized spacial score (nSPS) is 21.4. The number of hydrogen-bond acceptors (Lipinski definition) is 6. The van der Waals surface area contributed by atoms with Gasteiger partial charge < -0.3 is 4.90 Å². The monoisotopic (exact) mass is 446 g/mol. The molecule has 0 unspecified atom stereocenters. The SMILES string of the molecule is O=C1CC2(CCN(c3c(Cl)cncc3-c3ccc4c(c3)CS(=O)(=O)N4)CC2)C(=O)N1. The highest BCUT2D eigenvalue weighted by Crippen LogP contribution is 2.44. The molecule has 2 amide bonds. The number of nitrogens with one attached hydrogen (secondary N) is 2. The summed E-state index contributed by atoms with van der Waals surface area (Å²) in [6, 6.07) is 5.44. The Kier molecular flexibility index (Phi) is 4.30. The van der Waals surface area contributed by atoms with E-state index in [2.05, 4.69) is 19.9 Å². The summed E-state index contributed by atoms with van der Waals surface area (Å²) in [4.78, 5) is 30.3. The number of aromatic nitrogens is 1. The largest absolute Gasteiger partial charge is 0.370 e. The van der Waals surface area contributed by atoms with E-state index in [1.165, 1.54) is 0 Å². The highest BCUT2D eigenvalue weighted by molar-refractivity contribution is 7.92. The van der Waals surface area contributed by atoms with E-state index in [1.54, 1.807) is 18.5 Å². The van der Waals surface area contributed by atoms with E-state index in [-0.39, 0.29) is 24.0 Å². The molecule has 2 saturated heterocycles. The second-order valence-corrected chi connectivity index (χ2v) is 10.2. The minimum atomic E-state index is -3.33. The Balaban J connectivity index is 1.47. The van der Waals surface area contributed by atoms with Gasteiger partial charge in [0.2, 0.25) is 21.8 Å². The zero-order valence-electron chi connectivity index (χ0n) is 15.9. The average Bonchev–Trinajstić information content (AvgIpc) is 3.15. The Morgan fingerprint density at radius 3 is 2.60 bits per heavy atom. The van der Waals surface area contributed by atoms with E-state index in [0.29, 0.717) is 42.2 Å². The lowest BCUT2D eigenvalue weighted by Gasteiger charge is -2.39. The van der Waals surface area contributed by atoms with Gasteiger partial charge in [-0.3, -0.25) is 24.6 Å². The average molecular weight is 447 g/mol. The van der Waals surface area contributed by atoms with Crippen molar-refractivity contribution in [3.05, 3.63) is 41.2 Å². The fourth-order valence-electron chi connectivity index (χ4n) is 4.60. The second kappa shape index (κ2) is 6.68. The summed E-state index contributed by atoms with van der Waals surface area (Å²) in [7, 11) is -3.33. The number of imide groups is 1. The summed E-state index contributed by atoms with van der Waals surface area (Å²) in [5.41, 5.74) is 3.11. The molecule has 156 valence electrons. The maximum Gasteiger partial charge on any atom is 0.237 e. The number of fused-ring (bicyclic) bond motifs is 1. The van der Waals surface area contributed by atoms with Gasteiger partial charge in [0.15, 0.2) is 0 Å². The molecule has 2 N–H and O–H groups in total. The van der Waals surface area contributed by atoms with Gasteiger partial charge in [-0.1, -0.05) is 17.7 Å². The van der Waals surface area contributed by atoms with Crippen LogP contribution in [0.15, 0.2) is 30.6 Å². The lowest BCUT2D eigenvalue weighted by molar-refractivity contribution is -0.129. The molecule has 0 aliphatic carbocycles. The minimum Gasteiger partial charge on any atom is -0.370 e. The lowest BCUT2D eigenvalue weighted by Crippen LogP contribution is -2.44. The van der Waals surface area contributed by atoms with Gasteiger partial charge in [0.1, 0.15) is 0 Å². The first kappa shape index (κ1) is 19.3. The number of sulfonamides is 1. The van der Waals surface area contributed by atoms with Crippen LogP contribution in [0.5, 0.6) is 0 Å². The first-order valence-electron chi connectivity index (χ1n) is 9.63. The van der Waals surface area contributed by atoms with Crippen molar-refractivity contribution in [3.63, 3.8) is 0 Å². The summed E-state index contributed by atoms with van der Waals surface area (Å²) >= 11 is 6.53. The maximum atomic E-state index is 12.3. The van der Waals surface area contributed by atoms with Gasteiger partial charge in [0, 0.05) is 37.5 Å². The first-order valence-corrected chi connectivity index (χ1v) is 11.7. The fourth-order valence-corrected chi connectivity index (χ4v) is 6.13. The third-order valence-electron chi connectivity index (χ3n) is 6.17. The van der Waals surface area contributed by atoms with Crippen molar-refractivity contribution in [1.29, 1.82) is 0 Å². The van der Waals surface area contributed by atoms with Gasteiger partial charge in [-0.25, -0.2) is 8.42 Å². The third-order valence-corrected chi connectivity index (χ3v) is 7.67. The number of nitrogens with zero attached hydrogens (tertiary/aromatic N) is 2. The van der Waals surface area contributed by atoms with Gasteiger partial charge in [-0.2, -0.15) is 0 Å². The smallest absolute Gasteiger partial charge is 0.237 e. The molecule has 1 spiro atoms. The van der Waals surface area contributed by atoms with Crippen molar-refractivity contribution in [1.82, 2.24) is 10.3 Å². The molecule has 10 heteroatoms. The Morgan fingerprint density at radius 2 is 1.90 bits per heavy atom. The van der Waals surface area contributed by atoms with Crippen LogP contribution in [0.3, 0.4) is 0 Å². The van der Waals surface area contributed by atoms with Crippen molar-refractivity contribution in [2.75, 3.05) is 22.7 Å². The molecule has 8 nitrogen and oxygen atoms in total. The van der Waals surface area contributed by atoms with Crippen LogP contribution in [0, 0.1) is 5.41 Å². The van der Waals surface area contributed by atoms with Crippen LogP contribution in [0.1, 0.15) is 24.8 Å². The van der Waals surface area contributed by atoms with Crippen molar-refractivity contribution >= 4 is 44.8 Å². The summed E-state index contributed by atoms with van der Waals surface area (Å²) < 4.78 is 26.3. The predicted molar refractivity (Wildman–Crippen MR) is 113 cm³/mol. The summed E-state index contributed by atoms with van der Waals surface area (Å²) in [5.74, 6) is -0.451. The van der Waals surface area contributed by atoms with E-state index in [0.717, 1.165) is 16.8 Å². The number of benzene rings is 1. The number of hydrogen-bond donors (Lipinski definition) is 2. The summed E-state index contributed by atoms with van der Waals surface area (Å²) in [6.07, 6.45) is 4.67. The zero-order chi connectivity index (χ0) is 21.1. The predicted octanol–water partition coefficient (Wildman–Crippen LogP) is 2.29. The Labute approximate surface area is 178 Å². The van der Waals surface area contributed by atoms with E-state index < -0.39 is 15.4 Å². The lowest BCUT2D eigenvalue weighted by atomic mass is 9.77. The van der Waals surface area contributed by atoms with Crippen molar-refractivity contribution in [2.45, 2.75) is 25.0 Å². The Hall–Kier alpha value is -2.65.